The predicted molar refractivity (Wildman–Crippen MR) is 78.3 cm³/mol. The van der Waals surface area contributed by atoms with Crippen LogP contribution in [0.5, 0.6) is 0 Å². The molecule has 0 aromatic heterocycles. The molecule has 0 saturated heterocycles. The normalized spacial score (nSPS) is 15.5. The fourth-order valence-corrected chi connectivity index (χ4v) is 1.46. The van der Waals surface area contributed by atoms with Gasteiger partial charge in [-0.25, -0.2) is 4.79 Å². The van der Waals surface area contributed by atoms with Crippen LogP contribution < -0.4 is 21.7 Å². The van der Waals surface area contributed by atoms with Gasteiger partial charge < -0.3 is 42.1 Å². The minimum atomic E-state index is -1.52. The predicted octanol–water partition coefficient (Wildman–Crippen LogP) is -5.15. The van der Waals surface area contributed by atoms with Gasteiger partial charge in [0, 0.05) is 0 Å². The zero-order valence-corrected chi connectivity index (χ0v) is 12.9. The van der Waals surface area contributed by atoms with Crippen molar-refractivity contribution in [3.63, 3.8) is 0 Å². The summed E-state index contributed by atoms with van der Waals surface area (Å²) in [5, 5.41) is 41.8. The zero-order chi connectivity index (χ0) is 18.9. The molecule has 9 N–H and O–H groups in total. The van der Waals surface area contributed by atoms with Crippen molar-refractivity contribution in [3.8, 4) is 0 Å². The van der Waals surface area contributed by atoms with Crippen LogP contribution >= 0.6 is 0 Å². The lowest BCUT2D eigenvalue weighted by Crippen LogP contribution is -2.57. The molecule has 0 aromatic rings. The molecule has 12 nitrogen and oxygen atoms in total. The van der Waals surface area contributed by atoms with E-state index in [-0.39, 0.29) is 0 Å². The summed E-state index contributed by atoms with van der Waals surface area (Å²) >= 11 is 0. The van der Waals surface area contributed by atoms with E-state index in [2.05, 4.69) is 10.6 Å². The van der Waals surface area contributed by atoms with Crippen LogP contribution in [-0.2, 0) is 19.2 Å². The highest BCUT2D eigenvalue weighted by atomic mass is 16.4. The number of carbonyl (C=O) groups is 4. The lowest BCUT2D eigenvalue weighted by Gasteiger charge is -2.22. The maximum Gasteiger partial charge on any atom is 0.328 e. The Bertz CT molecular complexity index is 470. The van der Waals surface area contributed by atoms with Crippen molar-refractivity contribution >= 4 is 23.7 Å². The summed E-state index contributed by atoms with van der Waals surface area (Å²) in [5.41, 5.74) is 5.27. The van der Waals surface area contributed by atoms with Crippen molar-refractivity contribution in [2.75, 3.05) is 19.8 Å². The highest BCUT2D eigenvalue weighted by Crippen LogP contribution is 1.94. The molecule has 3 amide bonds. The minimum absolute atomic E-state index is 0.645. The van der Waals surface area contributed by atoms with Crippen LogP contribution in [0, 0.1) is 0 Å². The third-order valence-corrected chi connectivity index (χ3v) is 2.84. The van der Waals surface area contributed by atoms with Gasteiger partial charge >= 0.3 is 5.97 Å². The second-order valence-corrected chi connectivity index (χ2v) is 4.87. The average Bonchev–Trinajstić information content (AvgIpc) is 2.53. The number of carboxylic acids is 1. The number of carboxylic acid groups (broad SMARTS) is 1. The Morgan fingerprint density at radius 3 is 2.04 bits per heavy atom. The van der Waals surface area contributed by atoms with Crippen molar-refractivity contribution in [2.24, 2.45) is 5.73 Å². The number of aliphatic hydroxyl groups is 3. The summed E-state index contributed by atoms with van der Waals surface area (Å²) in [4.78, 5) is 45.5. The molecule has 0 heterocycles. The second-order valence-electron chi connectivity index (χ2n) is 4.87. The minimum Gasteiger partial charge on any atom is -0.480 e. The maximum atomic E-state index is 11.9. The molecule has 0 bridgehead atoms. The summed E-state index contributed by atoms with van der Waals surface area (Å²) in [6.45, 7) is -0.935. The molecular formula is C12H22N4O8. The van der Waals surface area contributed by atoms with E-state index in [1.807, 2.05) is 5.32 Å². The van der Waals surface area contributed by atoms with Crippen LogP contribution in [0.2, 0.25) is 0 Å². The zero-order valence-electron chi connectivity index (χ0n) is 12.9. The molecule has 0 saturated carbocycles. The monoisotopic (exact) mass is 350 g/mol. The topological polar surface area (TPSA) is 211 Å². The number of hydrogen-bond donors (Lipinski definition) is 8. The summed E-state index contributed by atoms with van der Waals surface area (Å²) in [5.74, 6) is -4.15. The second kappa shape index (κ2) is 10.5. The van der Waals surface area contributed by atoms with Gasteiger partial charge in [0.2, 0.25) is 17.7 Å². The maximum absolute atomic E-state index is 11.9. The van der Waals surface area contributed by atoms with Crippen molar-refractivity contribution in [1.82, 2.24) is 16.0 Å². The number of aliphatic hydroxyl groups excluding tert-OH is 3. The molecular weight excluding hydrogens is 328 g/mol. The standard InChI is InChI=1S/C12H22N4O8/c1-5(19)9(16-10(21)6(13)3-17)11(22)14-2-8(20)15-7(4-18)12(23)24/h5-7,9,17-19H,2-4,13H2,1H3,(H,14,22)(H,15,20)(H,16,21)(H,23,24). The van der Waals surface area contributed by atoms with Crippen LogP contribution in [0.4, 0.5) is 0 Å². The largest absolute Gasteiger partial charge is 0.480 e. The van der Waals surface area contributed by atoms with Gasteiger partial charge in [-0.15, -0.1) is 0 Å². The fourth-order valence-electron chi connectivity index (χ4n) is 1.46. The lowest BCUT2D eigenvalue weighted by molar-refractivity contribution is -0.142. The number of carbonyl (C=O) groups excluding carboxylic acids is 3. The summed E-state index contributed by atoms with van der Waals surface area (Å²) < 4.78 is 0. The molecule has 0 radical (unpaired) electrons. The Balaban J connectivity index is 4.60. The highest BCUT2D eigenvalue weighted by molar-refractivity contribution is 5.92. The summed E-state index contributed by atoms with van der Waals surface area (Å²) in [7, 11) is 0. The Morgan fingerprint density at radius 2 is 1.62 bits per heavy atom. The van der Waals surface area contributed by atoms with E-state index in [1.54, 1.807) is 0 Å². The number of rotatable bonds is 10. The number of aliphatic carboxylic acids is 1. The van der Waals surface area contributed by atoms with Gasteiger partial charge in [-0.05, 0) is 6.92 Å². The molecule has 4 atom stereocenters. The Hall–Kier alpha value is -2.28. The Kier molecular flexibility index (Phi) is 9.49. The molecule has 0 aromatic carbocycles. The van der Waals surface area contributed by atoms with E-state index < -0.39 is 67.7 Å². The molecule has 0 aliphatic heterocycles. The first-order chi connectivity index (χ1) is 11.1. The average molecular weight is 350 g/mol. The van der Waals surface area contributed by atoms with E-state index in [0.29, 0.717) is 0 Å². The van der Waals surface area contributed by atoms with Crippen LogP contribution in [0.1, 0.15) is 6.92 Å². The van der Waals surface area contributed by atoms with Crippen LogP contribution in [-0.4, -0.2) is 88.1 Å². The third kappa shape index (κ3) is 7.32. The molecule has 0 aliphatic carbocycles. The van der Waals surface area contributed by atoms with E-state index >= 15 is 0 Å². The third-order valence-electron chi connectivity index (χ3n) is 2.84. The first-order valence-electron chi connectivity index (χ1n) is 6.89. The fraction of sp³-hybridized carbons (Fsp3) is 0.667. The van der Waals surface area contributed by atoms with Gasteiger partial charge in [0.1, 0.15) is 18.1 Å². The van der Waals surface area contributed by atoms with Crippen LogP contribution in [0.25, 0.3) is 0 Å². The van der Waals surface area contributed by atoms with Crippen LogP contribution in [0.15, 0.2) is 0 Å². The molecule has 0 aliphatic rings. The van der Waals surface area contributed by atoms with Crippen molar-refractivity contribution in [1.29, 1.82) is 0 Å². The van der Waals surface area contributed by atoms with Crippen molar-refractivity contribution in [3.05, 3.63) is 0 Å². The van der Waals surface area contributed by atoms with Gasteiger partial charge in [0.05, 0.1) is 25.9 Å². The number of hydrogen-bond acceptors (Lipinski definition) is 8. The molecule has 12 heteroatoms. The molecule has 24 heavy (non-hydrogen) atoms. The first-order valence-corrected chi connectivity index (χ1v) is 6.89. The number of nitrogens with one attached hydrogen (secondary N) is 3. The van der Waals surface area contributed by atoms with E-state index in [0.717, 1.165) is 0 Å². The SMILES string of the molecule is CC(O)C(NC(=O)C(N)CO)C(=O)NCC(=O)NC(CO)C(=O)O. The molecule has 138 valence electrons. The smallest absolute Gasteiger partial charge is 0.328 e. The Labute approximate surface area is 137 Å². The summed E-state index contributed by atoms with van der Waals surface area (Å²) in [6, 6.07) is -4.25. The lowest BCUT2D eigenvalue weighted by atomic mass is 10.1. The van der Waals surface area contributed by atoms with E-state index in [1.165, 1.54) is 6.92 Å². The first kappa shape index (κ1) is 21.7. The molecule has 4 unspecified atom stereocenters. The van der Waals surface area contributed by atoms with Gasteiger partial charge in [-0.3, -0.25) is 14.4 Å². The molecule has 0 fully saturated rings. The molecule has 0 spiro atoms. The van der Waals surface area contributed by atoms with E-state index in [4.69, 9.17) is 21.1 Å². The van der Waals surface area contributed by atoms with Crippen molar-refractivity contribution in [2.45, 2.75) is 31.2 Å². The van der Waals surface area contributed by atoms with E-state index in [9.17, 15) is 24.3 Å². The number of nitrogens with two attached hydrogens (primary N) is 1. The van der Waals surface area contributed by atoms with Gasteiger partial charge in [0.25, 0.3) is 0 Å². The van der Waals surface area contributed by atoms with Gasteiger partial charge in [-0.1, -0.05) is 0 Å². The summed E-state index contributed by atoms with van der Waals surface area (Å²) in [6.07, 6.45) is -1.33. The van der Waals surface area contributed by atoms with Gasteiger partial charge in [0.15, 0.2) is 0 Å². The highest BCUT2D eigenvalue weighted by Gasteiger charge is 2.28. The molecule has 0 rings (SSSR count). The van der Waals surface area contributed by atoms with Crippen LogP contribution in [0.3, 0.4) is 0 Å². The number of amides is 3. The van der Waals surface area contributed by atoms with Gasteiger partial charge in [-0.2, -0.15) is 0 Å². The quantitative estimate of drug-likeness (QED) is 0.189. The van der Waals surface area contributed by atoms with Crippen molar-refractivity contribution < 1.29 is 39.6 Å². The Morgan fingerprint density at radius 1 is 1.04 bits per heavy atom.